The minimum Gasteiger partial charge on any atom is -0.385 e. The molecule has 0 aromatic carbocycles. The van der Waals surface area contributed by atoms with Crippen molar-refractivity contribution in [2.24, 2.45) is 0 Å². The highest BCUT2D eigenvalue weighted by Crippen LogP contribution is 2.37. The van der Waals surface area contributed by atoms with E-state index in [-0.39, 0.29) is 0 Å². The van der Waals surface area contributed by atoms with E-state index in [1.165, 1.54) is 10.4 Å². The van der Waals surface area contributed by atoms with Gasteiger partial charge in [-0.15, -0.1) is 11.3 Å². The van der Waals surface area contributed by atoms with Gasteiger partial charge in [-0.2, -0.15) is 0 Å². The zero-order valence-corrected chi connectivity index (χ0v) is 11.8. The Bertz CT molecular complexity index is 647. The molecule has 0 fully saturated rings. The largest absolute Gasteiger partial charge is 0.385 e. The highest BCUT2D eigenvalue weighted by atomic mass is 32.1. The van der Waals surface area contributed by atoms with Gasteiger partial charge in [-0.25, -0.2) is 4.98 Å². The molecule has 0 saturated heterocycles. The molecule has 3 N–H and O–H groups in total. The van der Waals surface area contributed by atoms with E-state index in [1.54, 1.807) is 11.3 Å². The first kappa shape index (κ1) is 12.1. The van der Waals surface area contributed by atoms with Crippen LogP contribution in [0.4, 0.5) is 5.82 Å². The molecule has 6 heteroatoms. The molecule has 0 radical (unpaired) electrons. The summed E-state index contributed by atoms with van der Waals surface area (Å²) < 4.78 is 6.30. The van der Waals surface area contributed by atoms with Crippen LogP contribution in [0.3, 0.4) is 0 Å². The van der Waals surface area contributed by atoms with Gasteiger partial charge >= 0.3 is 0 Å². The second-order valence-corrected chi connectivity index (χ2v) is 6.04. The van der Waals surface area contributed by atoms with Crippen molar-refractivity contribution in [1.82, 2.24) is 9.97 Å². The number of hydrogen-bond donors (Lipinski definition) is 2. The Morgan fingerprint density at radius 1 is 1.61 bits per heavy atom. The van der Waals surface area contributed by atoms with Crippen LogP contribution in [0.1, 0.15) is 30.2 Å². The molecule has 1 aliphatic heterocycles. The average molecular weight is 281 g/mol. The molecule has 0 bridgehead atoms. The molecule has 1 atom stereocenters. The SMILES string of the molecule is CCCC1Cc2c(sc3nc(=S)[nH]c(N)c23)CO1. The van der Waals surface area contributed by atoms with Crippen molar-refractivity contribution in [3.8, 4) is 0 Å². The molecule has 0 spiro atoms. The number of hydrogen-bond acceptors (Lipinski definition) is 5. The predicted molar refractivity (Wildman–Crippen MR) is 76.4 cm³/mol. The monoisotopic (exact) mass is 281 g/mol. The molecule has 0 amide bonds. The van der Waals surface area contributed by atoms with Crippen molar-refractivity contribution in [2.45, 2.75) is 38.9 Å². The van der Waals surface area contributed by atoms with Crippen molar-refractivity contribution in [3.63, 3.8) is 0 Å². The summed E-state index contributed by atoms with van der Waals surface area (Å²) in [7, 11) is 0. The summed E-state index contributed by atoms with van der Waals surface area (Å²) in [5.74, 6) is 0.639. The summed E-state index contributed by atoms with van der Waals surface area (Å²) >= 11 is 6.71. The van der Waals surface area contributed by atoms with E-state index < -0.39 is 0 Å². The lowest BCUT2D eigenvalue weighted by atomic mass is 10.0. The minimum atomic E-state index is 0.308. The molecular weight excluding hydrogens is 266 g/mol. The van der Waals surface area contributed by atoms with E-state index in [1.807, 2.05) is 0 Å². The Hall–Kier alpha value is -0.980. The van der Waals surface area contributed by atoms with Crippen LogP contribution in [0.5, 0.6) is 0 Å². The molecule has 96 valence electrons. The number of anilines is 1. The highest BCUT2D eigenvalue weighted by molar-refractivity contribution is 7.71. The first-order valence-corrected chi connectivity index (χ1v) is 7.33. The quantitative estimate of drug-likeness (QED) is 0.830. The van der Waals surface area contributed by atoms with E-state index in [9.17, 15) is 0 Å². The minimum absolute atomic E-state index is 0.308. The molecule has 2 aromatic rings. The summed E-state index contributed by atoms with van der Waals surface area (Å²) in [6.45, 7) is 2.85. The van der Waals surface area contributed by atoms with Crippen molar-refractivity contribution < 1.29 is 4.74 Å². The fraction of sp³-hybridized carbons (Fsp3) is 0.500. The number of nitrogens with two attached hydrogens (primary N) is 1. The van der Waals surface area contributed by atoms with E-state index in [0.29, 0.717) is 23.3 Å². The lowest BCUT2D eigenvalue weighted by Crippen LogP contribution is -2.21. The number of nitrogens with one attached hydrogen (secondary N) is 1. The van der Waals surface area contributed by atoms with Crippen LogP contribution in [0.2, 0.25) is 0 Å². The first-order valence-electron chi connectivity index (χ1n) is 6.10. The summed E-state index contributed by atoms with van der Waals surface area (Å²) in [6.07, 6.45) is 3.47. The van der Waals surface area contributed by atoms with E-state index >= 15 is 0 Å². The van der Waals surface area contributed by atoms with Gasteiger partial charge in [0.25, 0.3) is 0 Å². The van der Waals surface area contributed by atoms with Gasteiger partial charge < -0.3 is 15.5 Å². The molecule has 0 saturated carbocycles. The number of ether oxygens (including phenoxy) is 1. The standard InChI is InChI=1S/C12H15N3OS2/c1-2-3-6-4-7-8(5-16-6)18-11-9(7)10(13)14-12(17)15-11/h6H,2-5H2,1H3,(H3,13,14,15,17). The zero-order valence-electron chi connectivity index (χ0n) is 10.2. The maximum atomic E-state index is 6.05. The maximum absolute atomic E-state index is 6.05. The summed E-state index contributed by atoms with van der Waals surface area (Å²) in [6, 6.07) is 0. The third kappa shape index (κ3) is 1.94. The van der Waals surface area contributed by atoms with Crippen LogP contribution < -0.4 is 5.73 Å². The number of aromatic nitrogens is 2. The fourth-order valence-corrected chi connectivity index (χ4v) is 3.87. The number of rotatable bonds is 2. The molecule has 2 aromatic heterocycles. The third-order valence-corrected chi connectivity index (χ3v) is 4.57. The smallest absolute Gasteiger partial charge is 0.199 e. The lowest BCUT2D eigenvalue weighted by molar-refractivity contribution is 0.0254. The molecular formula is C12H15N3OS2. The van der Waals surface area contributed by atoms with Crippen LogP contribution in [0.25, 0.3) is 10.2 Å². The van der Waals surface area contributed by atoms with Gasteiger partial charge in [0.05, 0.1) is 18.1 Å². The van der Waals surface area contributed by atoms with E-state index in [2.05, 4.69) is 16.9 Å². The molecule has 4 nitrogen and oxygen atoms in total. The average Bonchev–Trinajstić information content (AvgIpc) is 2.66. The Balaban J connectivity index is 2.13. The molecule has 18 heavy (non-hydrogen) atoms. The van der Waals surface area contributed by atoms with E-state index in [4.69, 9.17) is 22.7 Å². The van der Waals surface area contributed by atoms with Crippen molar-refractivity contribution in [1.29, 1.82) is 0 Å². The topological polar surface area (TPSA) is 63.9 Å². The van der Waals surface area contributed by atoms with Gasteiger partial charge in [-0.3, -0.25) is 0 Å². The van der Waals surface area contributed by atoms with Crippen LogP contribution in [-0.4, -0.2) is 16.1 Å². The first-order chi connectivity index (χ1) is 8.69. The number of nitrogen functional groups attached to an aromatic ring is 1. The van der Waals surface area contributed by atoms with Crippen molar-refractivity contribution >= 4 is 39.6 Å². The van der Waals surface area contributed by atoms with Crippen molar-refractivity contribution in [3.05, 3.63) is 15.2 Å². The Morgan fingerprint density at radius 2 is 2.44 bits per heavy atom. The van der Waals surface area contributed by atoms with E-state index in [0.717, 1.165) is 29.5 Å². The van der Waals surface area contributed by atoms with Crippen LogP contribution in [0.15, 0.2) is 0 Å². The van der Waals surface area contributed by atoms with Crippen LogP contribution >= 0.6 is 23.6 Å². The van der Waals surface area contributed by atoms with Crippen LogP contribution in [-0.2, 0) is 17.8 Å². The predicted octanol–water partition coefficient (Wildman–Crippen LogP) is 3.18. The molecule has 1 aliphatic rings. The third-order valence-electron chi connectivity index (χ3n) is 3.28. The van der Waals surface area contributed by atoms with Crippen molar-refractivity contribution in [2.75, 3.05) is 5.73 Å². The van der Waals surface area contributed by atoms with Gasteiger partial charge in [0, 0.05) is 11.3 Å². The lowest BCUT2D eigenvalue weighted by Gasteiger charge is -2.22. The van der Waals surface area contributed by atoms with Gasteiger partial charge in [-0.05, 0) is 24.2 Å². The summed E-state index contributed by atoms with van der Waals surface area (Å²) in [5, 5.41) is 1.05. The molecule has 3 rings (SSSR count). The number of H-pyrrole nitrogens is 1. The van der Waals surface area contributed by atoms with Crippen LogP contribution in [0, 0.1) is 4.77 Å². The van der Waals surface area contributed by atoms with Gasteiger partial charge in [0.2, 0.25) is 0 Å². The van der Waals surface area contributed by atoms with Gasteiger partial charge in [0.1, 0.15) is 10.6 Å². The molecule has 0 aliphatic carbocycles. The van der Waals surface area contributed by atoms with Gasteiger partial charge in [0.15, 0.2) is 4.77 Å². The normalized spacial score (nSPS) is 19.1. The number of fused-ring (bicyclic) bond motifs is 3. The Morgan fingerprint density at radius 3 is 3.22 bits per heavy atom. The van der Waals surface area contributed by atoms with Gasteiger partial charge in [-0.1, -0.05) is 13.3 Å². The number of thiophene rings is 1. The highest BCUT2D eigenvalue weighted by Gasteiger charge is 2.24. The Kier molecular flexibility index (Phi) is 3.09. The number of nitrogens with zero attached hydrogens (tertiary/aromatic N) is 1. The second kappa shape index (κ2) is 4.60. The zero-order chi connectivity index (χ0) is 12.7. The Labute approximate surface area is 114 Å². The molecule has 3 heterocycles. The summed E-state index contributed by atoms with van der Waals surface area (Å²) in [5.41, 5.74) is 7.35. The maximum Gasteiger partial charge on any atom is 0.199 e. The second-order valence-electron chi connectivity index (χ2n) is 4.57. The molecule has 1 unspecified atom stereocenters. The summed E-state index contributed by atoms with van der Waals surface area (Å²) in [4.78, 5) is 9.47. The number of aromatic amines is 1. The fourth-order valence-electron chi connectivity index (χ4n) is 2.47.